The first-order valence-corrected chi connectivity index (χ1v) is 9.27. The lowest BCUT2D eigenvalue weighted by Gasteiger charge is -2.22. The normalized spacial score (nSPS) is 18.3. The quantitative estimate of drug-likeness (QED) is 0.442. The molecule has 1 aliphatic carbocycles. The third-order valence-corrected chi connectivity index (χ3v) is 4.51. The third kappa shape index (κ3) is 6.65. The molecule has 1 heterocycles. The topological polar surface area (TPSA) is 69.2 Å². The summed E-state index contributed by atoms with van der Waals surface area (Å²) in [5.74, 6) is 0.858. The maximum Gasteiger partial charge on any atom is 0.244 e. The Morgan fingerprint density at radius 2 is 2.00 bits per heavy atom. The van der Waals surface area contributed by atoms with Gasteiger partial charge in [-0.2, -0.15) is 0 Å². The number of rotatable bonds is 10. The van der Waals surface area contributed by atoms with Gasteiger partial charge in [-0.15, -0.1) is 0 Å². The summed E-state index contributed by atoms with van der Waals surface area (Å²) in [5, 5.41) is 6.56. The smallest absolute Gasteiger partial charge is 0.244 e. The average Bonchev–Trinajstić information content (AvgIpc) is 3.28. The van der Waals surface area contributed by atoms with Gasteiger partial charge in [-0.25, -0.2) is 4.99 Å². The summed E-state index contributed by atoms with van der Waals surface area (Å²) in [7, 11) is 1.75. The number of nitrogens with zero attached hydrogens (tertiary/aromatic N) is 3. The van der Waals surface area contributed by atoms with E-state index in [1.807, 2.05) is 11.8 Å². The Morgan fingerprint density at radius 1 is 1.25 bits per heavy atom. The van der Waals surface area contributed by atoms with Crippen LogP contribution >= 0.6 is 0 Å². The second kappa shape index (κ2) is 10.5. The van der Waals surface area contributed by atoms with Crippen molar-refractivity contribution < 1.29 is 9.53 Å². The first-order valence-electron chi connectivity index (χ1n) is 9.27. The van der Waals surface area contributed by atoms with Crippen molar-refractivity contribution in [2.75, 3.05) is 59.5 Å². The van der Waals surface area contributed by atoms with Crippen molar-refractivity contribution in [2.45, 2.75) is 38.6 Å². The molecule has 1 saturated carbocycles. The Hall–Kier alpha value is -1.34. The molecule has 0 atom stereocenters. The van der Waals surface area contributed by atoms with E-state index in [2.05, 4.69) is 20.5 Å². The highest BCUT2D eigenvalue weighted by molar-refractivity contribution is 5.85. The predicted octanol–water partition coefficient (Wildman–Crippen LogP) is 0.275. The fourth-order valence-corrected chi connectivity index (χ4v) is 3.00. The number of aliphatic imine (C=N–C) groups is 1. The van der Waals surface area contributed by atoms with Gasteiger partial charge in [0.05, 0.1) is 6.61 Å². The van der Waals surface area contributed by atoms with Crippen LogP contribution in [0.1, 0.15) is 32.6 Å². The molecule has 0 bridgehead atoms. The minimum absolute atomic E-state index is 0.129. The van der Waals surface area contributed by atoms with Crippen molar-refractivity contribution >= 4 is 11.9 Å². The number of ether oxygens (including phenoxy) is 1. The van der Waals surface area contributed by atoms with Crippen molar-refractivity contribution in [2.24, 2.45) is 4.99 Å². The van der Waals surface area contributed by atoms with Crippen molar-refractivity contribution in [3.05, 3.63) is 0 Å². The summed E-state index contributed by atoms with van der Waals surface area (Å²) >= 11 is 0. The fraction of sp³-hybridized carbons (Fsp3) is 0.882. The standard InChI is InChI=1S/C17H33N5O2/c1-3-18-17(20-14-16(23)22-9-4-5-10-22)19-8-11-21(12-13-24-2)15-6-7-15/h15H,3-14H2,1-2H3,(H2,18,19,20). The molecule has 24 heavy (non-hydrogen) atoms. The average molecular weight is 339 g/mol. The molecule has 0 spiro atoms. The lowest BCUT2D eigenvalue weighted by atomic mass is 10.4. The van der Waals surface area contributed by atoms with Gasteiger partial charge in [0.1, 0.15) is 6.54 Å². The van der Waals surface area contributed by atoms with Crippen LogP contribution in [0.15, 0.2) is 4.99 Å². The summed E-state index contributed by atoms with van der Waals surface area (Å²) in [6, 6.07) is 0.721. The lowest BCUT2D eigenvalue weighted by molar-refractivity contribution is -0.128. The summed E-state index contributed by atoms with van der Waals surface area (Å²) in [4.78, 5) is 20.9. The molecule has 0 aromatic rings. The van der Waals surface area contributed by atoms with Gasteiger partial charge in [0.25, 0.3) is 0 Å². The SMILES string of the molecule is CCNC(=NCC(=O)N1CCCC1)NCCN(CCOC)C1CC1. The number of carbonyl (C=O) groups is 1. The molecule has 1 saturated heterocycles. The van der Waals surface area contributed by atoms with Crippen molar-refractivity contribution in [3.63, 3.8) is 0 Å². The molecule has 2 fully saturated rings. The number of hydrogen-bond acceptors (Lipinski definition) is 4. The molecule has 0 unspecified atom stereocenters. The van der Waals surface area contributed by atoms with Crippen LogP contribution in [-0.2, 0) is 9.53 Å². The molecular weight excluding hydrogens is 306 g/mol. The van der Waals surface area contributed by atoms with Gasteiger partial charge in [-0.05, 0) is 32.6 Å². The minimum atomic E-state index is 0.129. The number of nitrogens with one attached hydrogen (secondary N) is 2. The summed E-state index contributed by atoms with van der Waals surface area (Å²) in [6.07, 6.45) is 4.82. The Labute approximate surface area is 145 Å². The van der Waals surface area contributed by atoms with Crippen molar-refractivity contribution in [3.8, 4) is 0 Å². The highest BCUT2D eigenvalue weighted by Gasteiger charge is 2.28. The Morgan fingerprint density at radius 3 is 2.62 bits per heavy atom. The van der Waals surface area contributed by atoms with Crippen LogP contribution < -0.4 is 10.6 Å². The highest BCUT2D eigenvalue weighted by Crippen LogP contribution is 2.25. The van der Waals surface area contributed by atoms with E-state index in [1.54, 1.807) is 7.11 Å². The third-order valence-electron chi connectivity index (χ3n) is 4.51. The molecule has 7 nitrogen and oxygen atoms in total. The van der Waals surface area contributed by atoms with Gasteiger partial charge in [-0.1, -0.05) is 0 Å². The van der Waals surface area contributed by atoms with Crippen molar-refractivity contribution in [1.29, 1.82) is 0 Å². The summed E-state index contributed by atoms with van der Waals surface area (Å²) in [5.41, 5.74) is 0. The highest BCUT2D eigenvalue weighted by atomic mass is 16.5. The number of guanidine groups is 1. The fourth-order valence-electron chi connectivity index (χ4n) is 3.00. The van der Waals surface area contributed by atoms with E-state index in [9.17, 15) is 4.79 Å². The monoisotopic (exact) mass is 339 g/mol. The maximum atomic E-state index is 12.1. The molecule has 1 aliphatic heterocycles. The van der Waals surface area contributed by atoms with Crippen LogP contribution in [0.5, 0.6) is 0 Å². The van der Waals surface area contributed by atoms with Gasteiger partial charge in [0.15, 0.2) is 5.96 Å². The van der Waals surface area contributed by atoms with Gasteiger partial charge < -0.3 is 20.3 Å². The molecule has 138 valence electrons. The molecule has 2 rings (SSSR count). The van der Waals surface area contributed by atoms with Gasteiger partial charge in [-0.3, -0.25) is 9.69 Å². The Bertz CT molecular complexity index is 406. The van der Waals surface area contributed by atoms with Crippen LogP contribution in [0.4, 0.5) is 0 Å². The van der Waals surface area contributed by atoms with E-state index >= 15 is 0 Å². The number of hydrogen-bond donors (Lipinski definition) is 2. The van der Waals surface area contributed by atoms with Gasteiger partial charge in [0, 0.05) is 52.4 Å². The number of methoxy groups -OCH3 is 1. The first-order chi connectivity index (χ1) is 11.7. The molecule has 2 N–H and O–H groups in total. The largest absolute Gasteiger partial charge is 0.383 e. The van der Waals surface area contributed by atoms with Gasteiger partial charge >= 0.3 is 0 Å². The van der Waals surface area contributed by atoms with E-state index < -0.39 is 0 Å². The van der Waals surface area contributed by atoms with Crippen LogP contribution in [0.2, 0.25) is 0 Å². The van der Waals surface area contributed by atoms with Gasteiger partial charge in [0.2, 0.25) is 5.91 Å². The maximum absolute atomic E-state index is 12.1. The molecule has 2 aliphatic rings. The van der Waals surface area contributed by atoms with E-state index in [4.69, 9.17) is 4.74 Å². The van der Waals surface area contributed by atoms with E-state index in [1.165, 1.54) is 12.8 Å². The number of amides is 1. The van der Waals surface area contributed by atoms with E-state index in [-0.39, 0.29) is 12.5 Å². The zero-order valence-corrected chi connectivity index (χ0v) is 15.2. The zero-order chi connectivity index (χ0) is 17.2. The molecular formula is C17H33N5O2. The number of likely N-dealkylation sites (tertiary alicyclic amines) is 1. The second-order valence-corrected chi connectivity index (χ2v) is 6.47. The second-order valence-electron chi connectivity index (χ2n) is 6.47. The molecule has 1 amide bonds. The van der Waals surface area contributed by atoms with E-state index in [0.29, 0.717) is 0 Å². The predicted molar refractivity (Wildman–Crippen MR) is 96.3 cm³/mol. The Kier molecular flexibility index (Phi) is 8.32. The van der Waals surface area contributed by atoms with Crippen LogP contribution in [0.25, 0.3) is 0 Å². The number of carbonyl (C=O) groups excluding carboxylic acids is 1. The molecule has 7 heteroatoms. The van der Waals surface area contributed by atoms with Crippen LogP contribution in [0.3, 0.4) is 0 Å². The summed E-state index contributed by atoms with van der Waals surface area (Å²) in [6.45, 7) is 8.36. The van der Waals surface area contributed by atoms with Crippen LogP contribution in [0, 0.1) is 0 Å². The molecule has 0 aromatic carbocycles. The van der Waals surface area contributed by atoms with Crippen LogP contribution in [-0.4, -0.2) is 87.2 Å². The minimum Gasteiger partial charge on any atom is -0.383 e. The van der Waals surface area contributed by atoms with Crippen molar-refractivity contribution in [1.82, 2.24) is 20.4 Å². The lowest BCUT2D eigenvalue weighted by Crippen LogP contribution is -2.43. The Balaban J connectivity index is 1.72. The summed E-state index contributed by atoms with van der Waals surface area (Å²) < 4.78 is 5.19. The van der Waals surface area contributed by atoms with E-state index in [0.717, 1.165) is 70.7 Å². The zero-order valence-electron chi connectivity index (χ0n) is 15.2. The molecule has 0 aromatic heterocycles. The molecule has 0 radical (unpaired) electrons. The first kappa shape index (κ1) is 19.0.